The molecule has 1 aliphatic carbocycles. The Morgan fingerprint density at radius 2 is 1.94 bits per heavy atom. The third-order valence-corrected chi connectivity index (χ3v) is 3.91. The van der Waals surface area contributed by atoms with Crippen molar-refractivity contribution in [2.75, 3.05) is 13.6 Å². The van der Waals surface area contributed by atoms with Crippen LogP contribution in [0.2, 0.25) is 0 Å². The number of rotatable bonds is 3. The molecule has 2 amide bonds. The highest BCUT2D eigenvalue weighted by Gasteiger charge is 2.40. The lowest BCUT2D eigenvalue weighted by molar-refractivity contribution is -0.146. The van der Waals surface area contributed by atoms with Gasteiger partial charge in [-0.3, -0.25) is 14.4 Å². The van der Waals surface area contributed by atoms with E-state index in [2.05, 4.69) is 5.32 Å². The molecule has 1 saturated heterocycles. The van der Waals surface area contributed by atoms with Crippen molar-refractivity contribution < 1.29 is 19.5 Å². The molecule has 1 heterocycles. The Morgan fingerprint density at radius 1 is 1.28 bits per heavy atom. The summed E-state index contributed by atoms with van der Waals surface area (Å²) < 4.78 is 0. The van der Waals surface area contributed by atoms with Crippen LogP contribution in [0.1, 0.15) is 25.7 Å². The van der Waals surface area contributed by atoms with E-state index in [9.17, 15) is 14.4 Å². The van der Waals surface area contributed by atoms with Crippen molar-refractivity contribution in [2.24, 2.45) is 11.8 Å². The molecule has 0 spiro atoms. The van der Waals surface area contributed by atoms with Crippen LogP contribution in [0.3, 0.4) is 0 Å². The number of hydrogen-bond acceptors (Lipinski definition) is 3. The topological polar surface area (TPSA) is 86.7 Å². The third-order valence-electron chi connectivity index (χ3n) is 3.91. The van der Waals surface area contributed by atoms with E-state index in [-0.39, 0.29) is 11.8 Å². The number of carbonyl (C=O) groups is 3. The van der Waals surface area contributed by atoms with Crippen LogP contribution in [0.25, 0.3) is 0 Å². The Bertz CT molecular complexity index is 382. The Hall–Kier alpha value is -1.59. The molecule has 0 bridgehead atoms. The molecule has 1 saturated carbocycles. The van der Waals surface area contributed by atoms with Gasteiger partial charge in [0.05, 0.1) is 11.8 Å². The van der Waals surface area contributed by atoms with Crippen molar-refractivity contribution in [3.05, 3.63) is 0 Å². The lowest BCUT2D eigenvalue weighted by Gasteiger charge is -2.18. The van der Waals surface area contributed by atoms with Gasteiger partial charge in [-0.1, -0.05) is 6.42 Å². The maximum absolute atomic E-state index is 12.0. The second-order valence-corrected chi connectivity index (χ2v) is 5.09. The maximum Gasteiger partial charge on any atom is 0.307 e. The van der Waals surface area contributed by atoms with Crippen LogP contribution in [0.5, 0.6) is 0 Å². The largest absolute Gasteiger partial charge is 0.481 e. The van der Waals surface area contributed by atoms with Crippen molar-refractivity contribution in [3.8, 4) is 0 Å². The van der Waals surface area contributed by atoms with E-state index < -0.39 is 23.8 Å². The first-order valence-corrected chi connectivity index (χ1v) is 6.29. The molecule has 0 radical (unpaired) electrons. The smallest absolute Gasteiger partial charge is 0.307 e. The highest BCUT2D eigenvalue weighted by molar-refractivity contribution is 5.91. The number of likely N-dealkylation sites (N-methyl/N-ethyl adjacent to an activating group) is 1. The number of carboxylic acid groups (broad SMARTS) is 1. The molecule has 6 heteroatoms. The van der Waals surface area contributed by atoms with Crippen molar-refractivity contribution in [2.45, 2.75) is 31.7 Å². The second-order valence-electron chi connectivity index (χ2n) is 5.09. The van der Waals surface area contributed by atoms with Gasteiger partial charge < -0.3 is 15.3 Å². The summed E-state index contributed by atoms with van der Waals surface area (Å²) in [6, 6.07) is -0.474. The first kappa shape index (κ1) is 12.9. The standard InChI is InChI=1S/C12H18N2O4/c1-14-6-5-9(11(14)16)13-10(15)7-3-2-4-8(7)12(17)18/h7-9H,2-6H2,1H3,(H,13,15)(H,17,18)/t7-,8+,9?/m1/s1. The van der Waals surface area contributed by atoms with Gasteiger partial charge in [-0.2, -0.15) is 0 Å². The SMILES string of the molecule is CN1CCC(NC(=O)[C@@H]2CCC[C@@H]2C(=O)O)C1=O. The number of nitrogens with one attached hydrogen (secondary N) is 1. The molecule has 2 fully saturated rings. The highest BCUT2D eigenvalue weighted by atomic mass is 16.4. The maximum atomic E-state index is 12.0. The van der Waals surface area contributed by atoms with Crippen LogP contribution < -0.4 is 5.32 Å². The van der Waals surface area contributed by atoms with Gasteiger partial charge in [0.15, 0.2) is 0 Å². The summed E-state index contributed by atoms with van der Waals surface area (Å²) >= 11 is 0. The van der Waals surface area contributed by atoms with Crippen LogP contribution >= 0.6 is 0 Å². The summed E-state index contributed by atoms with van der Waals surface area (Å²) in [5.74, 6) is -2.37. The molecule has 2 aliphatic rings. The minimum atomic E-state index is -0.914. The molecule has 1 aliphatic heterocycles. The van der Waals surface area contributed by atoms with E-state index in [1.54, 1.807) is 11.9 Å². The van der Waals surface area contributed by atoms with Crippen LogP contribution in [0, 0.1) is 11.8 Å². The molecule has 100 valence electrons. The molecule has 6 nitrogen and oxygen atoms in total. The van der Waals surface area contributed by atoms with Gasteiger partial charge in [0.2, 0.25) is 11.8 Å². The molecule has 3 atom stereocenters. The first-order valence-electron chi connectivity index (χ1n) is 6.29. The van der Waals surface area contributed by atoms with Gasteiger partial charge in [-0.25, -0.2) is 0 Å². The Morgan fingerprint density at radius 3 is 2.50 bits per heavy atom. The number of hydrogen-bond donors (Lipinski definition) is 2. The van der Waals surface area contributed by atoms with E-state index >= 15 is 0 Å². The van der Waals surface area contributed by atoms with Gasteiger partial charge in [0.1, 0.15) is 6.04 Å². The monoisotopic (exact) mass is 254 g/mol. The van der Waals surface area contributed by atoms with Gasteiger partial charge in [0, 0.05) is 13.6 Å². The van der Waals surface area contributed by atoms with E-state index in [0.29, 0.717) is 25.8 Å². The van der Waals surface area contributed by atoms with Crippen LogP contribution in [0.4, 0.5) is 0 Å². The van der Waals surface area contributed by atoms with Crippen LogP contribution in [-0.2, 0) is 14.4 Å². The molecule has 1 unspecified atom stereocenters. The number of carbonyl (C=O) groups excluding carboxylic acids is 2. The highest BCUT2D eigenvalue weighted by Crippen LogP contribution is 2.32. The van der Waals surface area contributed by atoms with E-state index in [1.165, 1.54) is 0 Å². The quantitative estimate of drug-likeness (QED) is 0.732. The predicted molar refractivity (Wildman–Crippen MR) is 62.7 cm³/mol. The molecular weight excluding hydrogens is 236 g/mol. The average molecular weight is 254 g/mol. The molecule has 2 N–H and O–H groups in total. The third kappa shape index (κ3) is 2.32. The van der Waals surface area contributed by atoms with E-state index in [0.717, 1.165) is 6.42 Å². The summed E-state index contributed by atoms with van der Waals surface area (Å²) in [6.07, 6.45) is 2.50. The summed E-state index contributed by atoms with van der Waals surface area (Å²) in [7, 11) is 1.70. The van der Waals surface area contributed by atoms with Crippen LogP contribution in [-0.4, -0.2) is 47.4 Å². The van der Waals surface area contributed by atoms with E-state index in [4.69, 9.17) is 5.11 Å². The summed E-state index contributed by atoms with van der Waals surface area (Å²) in [4.78, 5) is 36.3. The number of carboxylic acids is 1. The number of nitrogens with zero attached hydrogens (tertiary/aromatic N) is 1. The van der Waals surface area contributed by atoms with Gasteiger partial charge >= 0.3 is 5.97 Å². The Labute approximate surface area is 105 Å². The minimum absolute atomic E-state index is 0.0896. The van der Waals surface area contributed by atoms with Crippen molar-refractivity contribution in [1.82, 2.24) is 10.2 Å². The zero-order chi connectivity index (χ0) is 13.3. The van der Waals surface area contributed by atoms with Gasteiger partial charge in [-0.05, 0) is 19.3 Å². The fourth-order valence-electron chi connectivity index (χ4n) is 2.80. The lowest BCUT2D eigenvalue weighted by atomic mass is 9.95. The summed E-state index contributed by atoms with van der Waals surface area (Å²) in [5, 5.41) is 11.7. The van der Waals surface area contributed by atoms with Crippen molar-refractivity contribution in [3.63, 3.8) is 0 Å². The normalized spacial score (nSPS) is 31.7. The fraction of sp³-hybridized carbons (Fsp3) is 0.750. The lowest BCUT2D eigenvalue weighted by Crippen LogP contribution is -2.44. The fourth-order valence-corrected chi connectivity index (χ4v) is 2.80. The molecule has 2 rings (SSSR count). The Balaban J connectivity index is 1.96. The number of likely N-dealkylation sites (tertiary alicyclic amines) is 1. The molecular formula is C12H18N2O4. The zero-order valence-electron chi connectivity index (χ0n) is 10.4. The molecule has 0 aromatic carbocycles. The second kappa shape index (κ2) is 4.96. The Kier molecular flexibility index (Phi) is 3.54. The zero-order valence-corrected chi connectivity index (χ0v) is 10.4. The minimum Gasteiger partial charge on any atom is -0.481 e. The van der Waals surface area contributed by atoms with Crippen LogP contribution in [0.15, 0.2) is 0 Å². The molecule has 0 aromatic heterocycles. The van der Waals surface area contributed by atoms with E-state index in [1.807, 2.05) is 0 Å². The molecule has 0 aromatic rings. The molecule has 18 heavy (non-hydrogen) atoms. The van der Waals surface area contributed by atoms with Crippen molar-refractivity contribution in [1.29, 1.82) is 0 Å². The number of aliphatic carboxylic acids is 1. The first-order chi connectivity index (χ1) is 8.50. The summed E-state index contributed by atoms with van der Waals surface area (Å²) in [5.41, 5.74) is 0. The van der Waals surface area contributed by atoms with Gasteiger partial charge in [0.25, 0.3) is 0 Å². The predicted octanol–water partition coefficient (Wildman–Crippen LogP) is -0.166. The number of amides is 2. The summed E-state index contributed by atoms with van der Waals surface area (Å²) in [6.45, 7) is 0.636. The van der Waals surface area contributed by atoms with Crippen molar-refractivity contribution >= 4 is 17.8 Å². The van der Waals surface area contributed by atoms with Gasteiger partial charge in [-0.15, -0.1) is 0 Å². The average Bonchev–Trinajstić information content (AvgIpc) is 2.91.